The van der Waals surface area contributed by atoms with E-state index < -0.39 is 6.10 Å². The van der Waals surface area contributed by atoms with Crippen molar-refractivity contribution >= 4 is 34.2 Å². The SMILES string of the molecule is OC(c1ccc(I)cc1)c1cccc(Cl)c1. The van der Waals surface area contributed by atoms with Gasteiger partial charge in [0.25, 0.3) is 0 Å². The summed E-state index contributed by atoms with van der Waals surface area (Å²) in [4.78, 5) is 0. The fourth-order valence-electron chi connectivity index (χ4n) is 1.51. The summed E-state index contributed by atoms with van der Waals surface area (Å²) >= 11 is 8.13. The van der Waals surface area contributed by atoms with Crippen molar-refractivity contribution in [2.45, 2.75) is 6.10 Å². The minimum absolute atomic E-state index is 0.615. The molecule has 82 valence electrons. The molecule has 0 heterocycles. The Morgan fingerprint density at radius 3 is 2.31 bits per heavy atom. The van der Waals surface area contributed by atoms with Crippen LogP contribution in [0.1, 0.15) is 17.2 Å². The van der Waals surface area contributed by atoms with E-state index in [0.717, 1.165) is 14.7 Å². The monoisotopic (exact) mass is 344 g/mol. The van der Waals surface area contributed by atoms with Crippen LogP contribution in [-0.4, -0.2) is 5.11 Å². The topological polar surface area (TPSA) is 20.2 Å². The number of aliphatic hydroxyl groups excluding tert-OH is 1. The number of aliphatic hydroxyl groups is 1. The molecular weight excluding hydrogens is 334 g/mol. The molecule has 0 aliphatic rings. The zero-order valence-electron chi connectivity index (χ0n) is 8.40. The molecule has 1 atom stereocenters. The van der Waals surface area contributed by atoms with Gasteiger partial charge in [0.05, 0.1) is 0 Å². The fourth-order valence-corrected chi connectivity index (χ4v) is 2.07. The summed E-state index contributed by atoms with van der Waals surface area (Å²) < 4.78 is 1.15. The molecule has 0 aliphatic carbocycles. The largest absolute Gasteiger partial charge is 0.384 e. The van der Waals surface area contributed by atoms with Gasteiger partial charge in [0.15, 0.2) is 0 Å². The highest BCUT2D eigenvalue weighted by Gasteiger charge is 2.10. The molecule has 0 spiro atoms. The van der Waals surface area contributed by atoms with Gasteiger partial charge in [-0.15, -0.1) is 0 Å². The highest BCUT2D eigenvalue weighted by molar-refractivity contribution is 14.1. The van der Waals surface area contributed by atoms with E-state index in [9.17, 15) is 5.11 Å². The lowest BCUT2D eigenvalue weighted by Crippen LogP contribution is -1.99. The third-order valence-corrected chi connectivity index (χ3v) is 3.30. The van der Waals surface area contributed by atoms with E-state index in [1.165, 1.54) is 0 Å². The second-order valence-corrected chi connectivity index (χ2v) is 5.19. The Hall–Kier alpha value is -0.580. The summed E-state index contributed by atoms with van der Waals surface area (Å²) in [6.07, 6.45) is -0.615. The Morgan fingerprint density at radius 1 is 1.00 bits per heavy atom. The van der Waals surface area contributed by atoms with Crippen molar-refractivity contribution < 1.29 is 5.11 Å². The minimum atomic E-state index is -0.615. The lowest BCUT2D eigenvalue weighted by atomic mass is 10.0. The standard InChI is InChI=1S/C13H10ClIO/c14-11-3-1-2-10(8-11)13(16)9-4-6-12(15)7-5-9/h1-8,13,16H. The van der Waals surface area contributed by atoms with Gasteiger partial charge in [0.1, 0.15) is 6.10 Å². The van der Waals surface area contributed by atoms with E-state index in [0.29, 0.717) is 5.02 Å². The Balaban J connectivity index is 2.31. The summed E-state index contributed by atoms with van der Waals surface area (Å²) in [6.45, 7) is 0. The summed E-state index contributed by atoms with van der Waals surface area (Å²) in [5.74, 6) is 0. The van der Waals surface area contributed by atoms with Gasteiger partial charge in [-0.1, -0.05) is 35.9 Å². The fraction of sp³-hybridized carbons (Fsp3) is 0.0769. The average Bonchev–Trinajstić information content (AvgIpc) is 2.29. The van der Waals surface area contributed by atoms with Crippen molar-refractivity contribution in [1.29, 1.82) is 0 Å². The maximum atomic E-state index is 10.1. The molecule has 0 bridgehead atoms. The molecule has 0 fully saturated rings. The van der Waals surface area contributed by atoms with E-state index in [1.807, 2.05) is 36.4 Å². The first-order valence-electron chi connectivity index (χ1n) is 4.86. The van der Waals surface area contributed by atoms with Crippen LogP contribution < -0.4 is 0 Å². The molecule has 0 radical (unpaired) electrons. The first kappa shape index (κ1) is 11.9. The summed E-state index contributed by atoms with van der Waals surface area (Å²) in [7, 11) is 0. The van der Waals surface area contributed by atoms with Crippen LogP contribution in [0.4, 0.5) is 0 Å². The van der Waals surface area contributed by atoms with Gasteiger partial charge in [-0.2, -0.15) is 0 Å². The zero-order chi connectivity index (χ0) is 11.5. The number of hydrogen-bond acceptors (Lipinski definition) is 1. The van der Waals surface area contributed by atoms with E-state index in [2.05, 4.69) is 22.6 Å². The van der Waals surface area contributed by atoms with Crippen molar-refractivity contribution in [3.63, 3.8) is 0 Å². The molecule has 0 aliphatic heterocycles. The predicted octanol–water partition coefficient (Wildman–Crippen LogP) is 4.03. The van der Waals surface area contributed by atoms with Crippen molar-refractivity contribution in [1.82, 2.24) is 0 Å². The Bertz CT molecular complexity index is 482. The number of halogens is 2. The predicted molar refractivity (Wildman–Crippen MR) is 74.7 cm³/mol. The van der Waals surface area contributed by atoms with Gasteiger partial charge >= 0.3 is 0 Å². The van der Waals surface area contributed by atoms with Crippen LogP contribution in [0.25, 0.3) is 0 Å². The molecule has 2 aromatic rings. The number of benzene rings is 2. The highest BCUT2D eigenvalue weighted by Crippen LogP contribution is 2.24. The van der Waals surface area contributed by atoms with E-state index in [-0.39, 0.29) is 0 Å². The van der Waals surface area contributed by atoms with Crippen LogP contribution in [0, 0.1) is 3.57 Å². The van der Waals surface area contributed by atoms with E-state index in [4.69, 9.17) is 11.6 Å². The molecule has 3 heteroatoms. The molecule has 1 N–H and O–H groups in total. The van der Waals surface area contributed by atoms with E-state index >= 15 is 0 Å². The van der Waals surface area contributed by atoms with Crippen LogP contribution in [0.15, 0.2) is 48.5 Å². The van der Waals surface area contributed by atoms with Crippen molar-refractivity contribution in [2.75, 3.05) is 0 Å². The summed E-state index contributed by atoms with van der Waals surface area (Å²) in [5.41, 5.74) is 1.69. The van der Waals surface area contributed by atoms with Crippen LogP contribution in [0.5, 0.6) is 0 Å². The third kappa shape index (κ3) is 2.75. The first-order chi connectivity index (χ1) is 7.66. The van der Waals surface area contributed by atoms with Gasteiger partial charge in [-0.25, -0.2) is 0 Å². The normalized spacial score (nSPS) is 12.4. The molecule has 1 nitrogen and oxygen atoms in total. The maximum absolute atomic E-state index is 10.1. The molecular formula is C13H10ClIO. The quantitative estimate of drug-likeness (QED) is 0.816. The third-order valence-electron chi connectivity index (χ3n) is 2.35. The molecule has 0 saturated heterocycles. The lowest BCUT2D eigenvalue weighted by molar-refractivity contribution is 0.220. The average molecular weight is 345 g/mol. The molecule has 0 aromatic heterocycles. The summed E-state index contributed by atoms with van der Waals surface area (Å²) in [6, 6.07) is 15.1. The number of rotatable bonds is 2. The summed E-state index contributed by atoms with van der Waals surface area (Å²) in [5, 5.41) is 10.8. The van der Waals surface area contributed by atoms with Crippen molar-refractivity contribution in [3.8, 4) is 0 Å². The van der Waals surface area contributed by atoms with E-state index in [1.54, 1.807) is 12.1 Å². The smallest absolute Gasteiger partial charge is 0.104 e. The van der Waals surface area contributed by atoms with Crippen molar-refractivity contribution in [3.05, 3.63) is 68.3 Å². The van der Waals surface area contributed by atoms with Crippen LogP contribution in [0.2, 0.25) is 5.02 Å². The van der Waals surface area contributed by atoms with Crippen LogP contribution in [0.3, 0.4) is 0 Å². The Morgan fingerprint density at radius 2 is 1.69 bits per heavy atom. The second-order valence-electron chi connectivity index (χ2n) is 3.51. The van der Waals surface area contributed by atoms with Gasteiger partial charge in [-0.05, 0) is 58.0 Å². The first-order valence-corrected chi connectivity index (χ1v) is 6.31. The molecule has 2 aromatic carbocycles. The Kier molecular flexibility index (Phi) is 3.84. The van der Waals surface area contributed by atoms with Gasteiger partial charge < -0.3 is 5.11 Å². The van der Waals surface area contributed by atoms with Gasteiger partial charge in [-0.3, -0.25) is 0 Å². The second kappa shape index (κ2) is 5.17. The van der Waals surface area contributed by atoms with Crippen molar-refractivity contribution in [2.24, 2.45) is 0 Å². The molecule has 1 unspecified atom stereocenters. The van der Waals surface area contributed by atoms with Gasteiger partial charge in [0, 0.05) is 8.59 Å². The zero-order valence-corrected chi connectivity index (χ0v) is 11.3. The molecule has 0 saturated carbocycles. The van der Waals surface area contributed by atoms with Crippen LogP contribution >= 0.6 is 34.2 Å². The molecule has 0 amide bonds. The van der Waals surface area contributed by atoms with Gasteiger partial charge in [0.2, 0.25) is 0 Å². The minimum Gasteiger partial charge on any atom is -0.384 e. The highest BCUT2D eigenvalue weighted by atomic mass is 127. The lowest BCUT2D eigenvalue weighted by Gasteiger charge is -2.11. The Labute approximate surface area is 113 Å². The number of hydrogen-bond donors (Lipinski definition) is 1. The molecule has 2 rings (SSSR count). The maximum Gasteiger partial charge on any atom is 0.104 e. The molecule has 16 heavy (non-hydrogen) atoms. The van der Waals surface area contributed by atoms with Crippen LogP contribution in [-0.2, 0) is 0 Å².